The highest BCUT2D eigenvalue weighted by molar-refractivity contribution is 8.03. The molecule has 0 amide bonds. The minimum Gasteiger partial charge on any atom is -0.392 e. The predicted molar refractivity (Wildman–Crippen MR) is 130 cm³/mol. The molecule has 0 aromatic heterocycles. The van der Waals surface area contributed by atoms with Gasteiger partial charge in [0.1, 0.15) is 5.82 Å². The van der Waals surface area contributed by atoms with Crippen LogP contribution >= 0.6 is 11.8 Å². The van der Waals surface area contributed by atoms with Crippen molar-refractivity contribution in [3.63, 3.8) is 0 Å². The van der Waals surface area contributed by atoms with E-state index in [0.29, 0.717) is 11.8 Å². The van der Waals surface area contributed by atoms with Crippen molar-refractivity contribution in [1.82, 2.24) is 4.90 Å². The summed E-state index contributed by atoms with van der Waals surface area (Å²) in [5.74, 6) is 0.381. The molecule has 166 valence electrons. The second kappa shape index (κ2) is 10.1. The summed E-state index contributed by atoms with van der Waals surface area (Å²) < 4.78 is 13.7. The van der Waals surface area contributed by atoms with Gasteiger partial charge in [0.15, 0.2) is 0 Å². The summed E-state index contributed by atoms with van der Waals surface area (Å²) in [5.41, 5.74) is 5.58. The molecular weight excluding hydrogens is 405 g/mol. The van der Waals surface area contributed by atoms with Crippen LogP contribution in [0.1, 0.15) is 45.7 Å². The van der Waals surface area contributed by atoms with Crippen LogP contribution in [0, 0.1) is 17.7 Å². The van der Waals surface area contributed by atoms with Crippen LogP contribution in [0.4, 0.5) is 4.39 Å². The zero-order valence-electron chi connectivity index (χ0n) is 19.4. The van der Waals surface area contributed by atoms with Crippen LogP contribution in [0.3, 0.4) is 0 Å². The highest BCUT2D eigenvalue weighted by Crippen LogP contribution is 2.48. The van der Waals surface area contributed by atoms with Crippen LogP contribution in [0.15, 0.2) is 69.6 Å². The van der Waals surface area contributed by atoms with Crippen molar-refractivity contribution in [2.75, 3.05) is 13.7 Å². The van der Waals surface area contributed by atoms with E-state index in [2.05, 4.69) is 70.8 Å². The lowest BCUT2D eigenvalue weighted by atomic mass is 9.83. The number of aliphatic hydroxyl groups excluding tert-OH is 1. The van der Waals surface area contributed by atoms with E-state index in [9.17, 15) is 9.50 Å². The molecule has 0 radical (unpaired) electrons. The van der Waals surface area contributed by atoms with Crippen LogP contribution in [0.25, 0.3) is 5.57 Å². The normalized spacial score (nSPS) is 17.4. The molecule has 1 aliphatic rings. The summed E-state index contributed by atoms with van der Waals surface area (Å²) in [5, 5.41) is 10.5. The molecule has 0 saturated carbocycles. The number of aryl methyl sites for hydroxylation is 1. The van der Waals surface area contributed by atoms with Crippen LogP contribution in [-0.4, -0.2) is 29.7 Å². The molecule has 2 nitrogen and oxygen atoms in total. The van der Waals surface area contributed by atoms with Crippen molar-refractivity contribution in [3.05, 3.63) is 81.7 Å². The average molecular weight is 440 g/mol. The van der Waals surface area contributed by atoms with E-state index in [1.807, 2.05) is 12.1 Å². The highest BCUT2D eigenvalue weighted by Gasteiger charge is 2.36. The molecule has 4 heteroatoms. The van der Waals surface area contributed by atoms with Crippen LogP contribution < -0.4 is 0 Å². The molecule has 31 heavy (non-hydrogen) atoms. The molecule has 0 aliphatic carbocycles. The Labute approximate surface area is 190 Å². The van der Waals surface area contributed by atoms with E-state index in [0.717, 1.165) is 28.0 Å². The van der Waals surface area contributed by atoms with Crippen molar-refractivity contribution in [2.24, 2.45) is 11.8 Å². The van der Waals surface area contributed by atoms with E-state index in [1.54, 1.807) is 11.8 Å². The summed E-state index contributed by atoms with van der Waals surface area (Å²) in [6.07, 6.45) is 1.01. The maximum atomic E-state index is 13.7. The number of thioether (sulfide) groups is 1. The Kier molecular flexibility index (Phi) is 7.66. The SMILES string of the molecule is CCc1ccc(SC2=C(C(C)C)N(C)C(C(C)C)C(CO)=C2c2ccc(F)cc2)cc1. The minimum absolute atomic E-state index is 0.0237. The maximum Gasteiger partial charge on any atom is 0.123 e. The third-order valence-electron chi connectivity index (χ3n) is 5.97. The smallest absolute Gasteiger partial charge is 0.123 e. The van der Waals surface area contributed by atoms with E-state index in [4.69, 9.17) is 0 Å². The summed E-state index contributed by atoms with van der Waals surface area (Å²) in [6.45, 7) is 11.0. The molecule has 0 saturated heterocycles. The van der Waals surface area contributed by atoms with Crippen LogP contribution in [0.2, 0.25) is 0 Å². The van der Waals surface area contributed by atoms with Crippen LogP contribution in [-0.2, 0) is 6.42 Å². The first kappa shape index (κ1) is 23.6. The summed E-state index contributed by atoms with van der Waals surface area (Å²) in [7, 11) is 2.14. The van der Waals surface area contributed by atoms with E-state index >= 15 is 0 Å². The van der Waals surface area contributed by atoms with Gasteiger partial charge in [-0.25, -0.2) is 4.39 Å². The predicted octanol–water partition coefficient (Wildman–Crippen LogP) is 6.76. The van der Waals surface area contributed by atoms with Crippen molar-refractivity contribution < 1.29 is 9.50 Å². The molecule has 1 heterocycles. The molecule has 0 fully saturated rings. The zero-order valence-corrected chi connectivity index (χ0v) is 20.3. The quantitative estimate of drug-likeness (QED) is 0.515. The van der Waals surface area contributed by atoms with Gasteiger partial charge in [-0.1, -0.05) is 70.6 Å². The Bertz CT molecular complexity index is 958. The van der Waals surface area contributed by atoms with Gasteiger partial charge in [0.2, 0.25) is 0 Å². The number of rotatable bonds is 7. The van der Waals surface area contributed by atoms with Gasteiger partial charge in [-0.2, -0.15) is 0 Å². The summed E-state index contributed by atoms with van der Waals surface area (Å²) >= 11 is 1.74. The summed E-state index contributed by atoms with van der Waals surface area (Å²) in [6, 6.07) is 15.5. The number of likely N-dealkylation sites (N-methyl/N-ethyl adjacent to an activating group) is 1. The van der Waals surface area contributed by atoms with Gasteiger partial charge < -0.3 is 10.0 Å². The van der Waals surface area contributed by atoms with Crippen molar-refractivity contribution in [1.29, 1.82) is 0 Å². The molecule has 0 spiro atoms. The second-order valence-corrected chi connectivity index (χ2v) is 9.92. The Morgan fingerprint density at radius 1 is 1.00 bits per heavy atom. The highest BCUT2D eigenvalue weighted by atomic mass is 32.2. The van der Waals surface area contributed by atoms with E-state index in [-0.39, 0.29) is 18.5 Å². The fourth-order valence-corrected chi connectivity index (χ4v) is 5.95. The number of allylic oxidation sites excluding steroid dienone is 2. The van der Waals surface area contributed by atoms with E-state index < -0.39 is 0 Å². The van der Waals surface area contributed by atoms with Crippen LogP contribution in [0.5, 0.6) is 0 Å². The van der Waals surface area contributed by atoms with Gasteiger partial charge in [-0.05, 0) is 59.2 Å². The van der Waals surface area contributed by atoms with Gasteiger partial charge in [-0.15, -0.1) is 0 Å². The number of benzene rings is 2. The lowest BCUT2D eigenvalue weighted by molar-refractivity contribution is 0.220. The standard InChI is InChI=1S/C27H34FNOS/c1-7-19-8-14-22(15-9-19)31-27-24(20-10-12-21(28)13-11-20)23(16-30)25(17(2)3)29(6)26(27)18(4)5/h8-15,17-18,25,30H,7,16H2,1-6H3. The molecule has 1 atom stereocenters. The number of nitrogens with zero attached hydrogens (tertiary/aromatic N) is 1. The molecular formula is C27H34FNOS. The molecule has 0 bridgehead atoms. The van der Waals surface area contributed by atoms with Gasteiger partial charge >= 0.3 is 0 Å². The maximum absolute atomic E-state index is 13.7. The number of hydrogen-bond acceptors (Lipinski definition) is 3. The zero-order chi connectivity index (χ0) is 22.7. The second-order valence-electron chi connectivity index (χ2n) is 8.83. The van der Waals surface area contributed by atoms with Gasteiger partial charge in [0.25, 0.3) is 0 Å². The molecule has 3 rings (SSSR count). The molecule has 2 aromatic rings. The Hall–Kier alpha value is -2.04. The number of hydrogen-bond donors (Lipinski definition) is 1. The van der Waals surface area contributed by atoms with Gasteiger partial charge in [-0.3, -0.25) is 0 Å². The minimum atomic E-state index is -0.249. The van der Waals surface area contributed by atoms with Gasteiger partial charge in [0, 0.05) is 28.1 Å². The topological polar surface area (TPSA) is 23.5 Å². The third-order valence-corrected chi connectivity index (χ3v) is 7.09. The third kappa shape index (κ3) is 4.91. The summed E-state index contributed by atoms with van der Waals surface area (Å²) in [4.78, 5) is 4.66. The monoisotopic (exact) mass is 439 g/mol. The number of halogens is 1. The van der Waals surface area contributed by atoms with Crippen molar-refractivity contribution in [2.45, 2.75) is 52.0 Å². The molecule has 1 aliphatic heterocycles. The fraction of sp³-hybridized carbons (Fsp3) is 0.407. The van der Waals surface area contributed by atoms with E-state index in [1.165, 1.54) is 28.3 Å². The van der Waals surface area contributed by atoms with Crippen molar-refractivity contribution >= 4 is 17.3 Å². The number of aliphatic hydroxyl groups is 1. The molecule has 2 aromatic carbocycles. The first-order chi connectivity index (χ1) is 14.8. The van der Waals surface area contributed by atoms with Crippen molar-refractivity contribution in [3.8, 4) is 0 Å². The fourth-order valence-electron chi connectivity index (χ4n) is 4.60. The first-order valence-electron chi connectivity index (χ1n) is 11.1. The van der Waals surface area contributed by atoms with Gasteiger partial charge in [0.05, 0.1) is 12.6 Å². The average Bonchev–Trinajstić information content (AvgIpc) is 2.74. The largest absolute Gasteiger partial charge is 0.392 e. The first-order valence-corrected chi connectivity index (χ1v) is 11.9. The molecule has 1 N–H and O–H groups in total. The Balaban J connectivity index is 2.25. The Morgan fingerprint density at radius 2 is 1.61 bits per heavy atom. The Morgan fingerprint density at radius 3 is 2.10 bits per heavy atom. The molecule has 1 unspecified atom stereocenters. The lowest BCUT2D eigenvalue weighted by Crippen LogP contribution is -2.42. The lowest BCUT2D eigenvalue weighted by Gasteiger charge is -2.44.